The predicted octanol–water partition coefficient (Wildman–Crippen LogP) is 6.19. The molecule has 9 rings (SSSR count). The zero-order valence-corrected chi connectivity index (χ0v) is 54.7. The highest BCUT2D eigenvalue weighted by molar-refractivity contribution is 5.91. The summed E-state index contributed by atoms with van der Waals surface area (Å²) in [7, 11) is 0. The van der Waals surface area contributed by atoms with Gasteiger partial charge in [-0.1, -0.05) is 115 Å². The van der Waals surface area contributed by atoms with Gasteiger partial charge in [0.25, 0.3) is 0 Å². The third-order valence-corrected chi connectivity index (χ3v) is 16.0. The highest BCUT2D eigenvalue weighted by Crippen LogP contribution is 2.39. The molecular weight excluding hydrogens is 1280 g/mol. The fourth-order valence-corrected chi connectivity index (χ4v) is 11.4. The molecule has 524 valence electrons. The van der Waals surface area contributed by atoms with Gasteiger partial charge in [-0.15, -0.1) is 0 Å². The molecule has 4 saturated heterocycles. The summed E-state index contributed by atoms with van der Waals surface area (Å²) in [6.45, 7) is 6.93. The molecule has 5 aromatic carbocycles. The molecule has 0 spiro atoms. The van der Waals surface area contributed by atoms with Crippen molar-refractivity contribution < 1.29 is 129 Å². The van der Waals surface area contributed by atoms with Crippen LogP contribution in [0.1, 0.15) is 104 Å². The summed E-state index contributed by atoms with van der Waals surface area (Å²) in [4.78, 5) is 122. The van der Waals surface area contributed by atoms with Gasteiger partial charge in [-0.25, -0.2) is 14.4 Å². The van der Waals surface area contributed by atoms with Gasteiger partial charge >= 0.3 is 47.8 Å². The first-order chi connectivity index (χ1) is 47.1. The summed E-state index contributed by atoms with van der Waals surface area (Å²) in [5.74, 6) is -8.13. The van der Waals surface area contributed by atoms with Crippen LogP contribution in [-0.4, -0.2) is 189 Å². The molecule has 5 aromatic rings. The molecule has 4 heterocycles. The van der Waals surface area contributed by atoms with Gasteiger partial charge in [-0.2, -0.15) is 0 Å². The SMILES string of the molecule is CC(=O)CCC(=O)O[C@H]1[C@H](O[C@@H]2CO[C@@H](O[C@@H]3[C@@H](OCc4ccccc4)[C@H](O)O[C@H](C)[C@H]3OCc3ccccc3)[C@H](O[C@@H]3O[C@H](C)[C@@H](OC(=O)c4ccccc4)[C@H](OC(=O)c4ccccc4)[C@H]3OC(=O)c3ccccc3)[C@H]2OC(C)=O)O[C@H](COC(C)=O)[C@H](OC(C)=O)[C@@H]1OC(C)=O. The monoisotopic (exact) mass is 1360 g/mol. The van der Waals surface area contributed by atoms with Crippen molar-refractivity contribution in [3.05, 3.63) is 179 Å². The summed E-state index contributed by atoms with van der Waals surface area (Å²) in [6, 6.07) is 41.3. The second kappa shape index (κ2) is 35.1. The Morgan fingerprint density at radius 2 is 0.827 bits per heavy atom. The Hall–Kier alpha value is -8.87. The molecule has 1 N–H and O–H groups in total. The van der Waals surface area contributed by atoms with Crippen molar-refractivity contribution in [1.82, 2.24) is 0 Å². The summed E-state index contributed by atoms with van der Waals surface area (Å²) in [5, 5.41) is 12.0. The van der Waals surface area contributed by atoms with Crippen molar-refractivity contribution in [1.29, 1.82) is 0 Å². The van der Waals surface area contributed by atoms with Crippen LogP contribution >= 0.6 is 0 Å². The maximum absolute atomic E-state index is 14.7. The second-order valence-electron chi connectivity index (χ2n) is 23.5. The highest BCUT2D eigenvalue weighted by Gasteiger charge is 2.59. The minimum Gasteiger partial charge on any atom is -0.463 e. The lowest BCUT2D eigenvalue weighted by Gasteiger charge is -2.50. The van der Waals surface area contributed by atoms with E-state index in [0.717, 1.165) is 33.3 Å². The molecule has 0 aliphatic carbocycles. The minimum atomic E-state index is -2.02. The highest BCUT2D eigenvalue weighted by atomic mass is 16.8. The number of ether oxygens (including phenoxy) is 17. The van der Waals surface area contributed by atoms with Gasteiger partial charge in [0.05, 0.1) is 55.1 Å². The largest absolute Gasteiger partial charge is 0.463 e. The molecule has 4 aliphatic heterocycles. The van der Waals surface area contributed by atoms with Crippen LogP contribution in [-0.2, 0) is 123 Å². The van der Waals surface area contributed by atoms with Crippen LogP contribution in [0.2, 0.25) is 0 Å². The number of Topliss-reactive ketones (excluding diaryl/α,β-unsaturated/α-hetero) is 1. The molecule has 4 fully saturated rings. The maximum Gasteiger partial charge on any atom is 0.338 e. The van der Waals surface area contributed by atoms with Gasteiger partial charge in [-0.3, -0.25) is 24.0 Å². The summed E-state index contributed by atoms with van der Waals surface area (Å²) in [5.41, 5.74) is 1.49. The molecule has 0 aromatic heterocycles. The Bertz CT molecular complexity index is 3420. The van der Waals surface area contributed by atoms with Gasteiger partial charge in [-0.05, 0) is 68.3 Å². The van der Waals surface area contributed by atoms with Crippen LogP contribution in [0, 0.1) is 0 Å². The molecule has 0 saturated carbocycles. The van der Waals surface area contributed by atoms with E-state index < -0.39 is 190 Å². The van der Waals surface area contributed by atoms with E-state index in [0.29, 0.717) is 5.56 Å². The van der Waals surface area contributed by atoms with Crippen LogP contribution < -0.4 is 0 Å². The molecule has 0 unspecified atom stereocenters. The Morgan fingerprint density at radius 3 is 1.34 bits per heavy atom. The minimum absolute atomic E-state index is 0.0152. The normalized spacial score (nSPS) is 29.1. The van der Waals surface area contributed by atoms with Crippen LogP contribution in [0.5, 0.6) is 0 Å². The van der Waals surface area contributed by atoms with Gasteiger partial charge < -0.3 is 90.4 Å². The summed E-state index contributed by atoms with van der Waals surface area (Å²) in [6.07, 6.45) is -32.9. The third-order valence-electron chi connectivity index (χ3n) is 16.0. The van der Waals surface area contributed by atoms with Crippen molar-refractivity contribution >= 4 is 53.5 Å². The lowest BCUT2D eigenvalue weighted by atomic mass is 9.96. The molecule has 27 heteroatoms. The molecule has 4 aliphatic rings. The first-order valence-electron chi connectivity index (χ1n) is 31.8. The van der Waals surface area contributed by atoms with E-state index in [1.807, 2.05) is 30.3 Å². The molecule has 98 heavy (non-hydrogen) atoms. The second-order valence-corrected chi connectivity index (χ2v) is 23.5. The maximum atomic E-state index is 14.7. The lowest BCUT2D eigenvalue weighted by molar-refractivity contribution is -0.390. The molecule has 27 nitrogen and oxygen atoms in total. The number of carbonyl (C=O) groups excluding carboxylic acids is 9. The Morgan fingerprint density at radius 1 is 0.398 bits per heavy atom. The number of hydrogen-bond donors (Lipinski definition) is 1. The van der Waals surface area contributed by atoms with Gasteiger partial charge in [0.2, 0.25) is 0 Å². The van der Waals surface area contributed by atoms with Crippen molar-refractivity contribution in [2.24, 2.45) is 0 Å². The van der Waals surface area contributed by atoms with E-state index >= 15 is 0 Å². The predicted molar refractivity (Wildman–Crippen MR) is 334 cm³/mol. The van der Waals surface area contributed by atoms with E-state index in [-0.39, 0.29) is 36.3 Å². The van der Waals surface area contributed by atoms with Gasteiger partial charge in [0.15, 0.2) is 74.0 Å². The zero-order chi connectivity index (χ0) is 70.0. The Labute approximate surface area is 564 Å². The van der Waals surface area contributed by atoms with E-state index in [9.17, 15) is 48.3 Å². The quantitative estimate of drug-likeness (QED) is 0.0452. The number of aliphatic hydroxyl groups excluding tert-OH is 1. The Balaban J connectivity index is 1.19. The van der Waals surface area contributed by atoms with Crippen molar-refractivity contribution in [2.75, 3.05) is 13.2 Å². The average Bonchev–Trinajstić information content (AvgIpc) is 0.760. The fourth-order valence-electron chi connectivity index (χ4n) is 11.4. The van der Waals surface area contributed by atoms with Crippen LogP contribution in [0.15, 0.2) is 152 Å². The number of rotatable bonds is 27. The van der Waals surface area contributed by atoms with Crippen molar-refractivity contribution in [2.45, 2.75) is 191 Å². The number of hydrogen-bond acceptors (Lipinski definition) is 27. The fraction of sp³-hybridized carbons (Fsp3) is 0.451. The zero-order valence-electron chi connectivity index (χ0n) is 54.7. The van der Waals surface area contributed by atoms with Gasteiger partial charge in [0, 0.05) is 34.1 Å². The van der Waals surface area contributed by atoms with Crippen LogP contribution in [0.4, 0.5) is 0 Å². The molecular formula is C71H78O27. The first kappa shape index (κ1) is 73.4. The third kappa shape index (κ3) is 19.9. The number of ketones is 1. The smallest absolute Gasteiger partial charge is 0.338 e. The van der Waals surface area contributed by atoms with Crippen molar-refractivity contribution in [3.8, 4) is 0 Å². The number of esters is 8. The van der Waals surface area contributed by atoms with Crippen LogP contribution in [0.25, 0.3) is 0 Å². The summed E-state index contributed by atoms with van der Waals surface area (Å²) < 4.78 is 108. The molecule has 19 atom stereocenters. The molecule has 0 bridgehead atoms. The lowest BCUT2D eigenvalue weighted by Crippen LogP contribution is -2.68. The number of benzene rings is 5. The standard InChI is InChI=1S/C71H78O27/c1-39(72)33-34-53(77)93-63-60(90-45(7)76)56(88-43(5)74)51(37-82-42(4)73)91-71(63)92-52-38-85-69(97-58-54(83-35-46-23-13-8-14-24-46)40(2)86-68(81)61(58)84-36-47-25-15-9-16-26-47)62(57(52)89-44(6)75)98-70-64(96-67(80)50-31-21-12-22-32-50)59(95-66(79)49-29-19-11-20-30-49)55(41(3)87-70)94-65(78)48-27-17-10-18-28-48/h8-32,40-41,51-52,54-64,68-71,81H,33-38H2,1-7H3/t40-,41-,51-,52-,54-,55-,56+,57+,58+,59+,60+,61-,62-,63-,64-,68-,69+,70+,71+/m1/s1. The van der Waals surface area contributed by atoms with Crippen molar-refractivity contribution in [3.63, 3.8) is 0 Å². The van der Waals surface area contributed by atoms with Gasteiger partial charge in [0.1, 0.15) is 42.9 Å². The van der Waals surface area contributed by atoms with E-state index in [1.165, 1.54) is 50.2 Å². The van der Waals surface area contributed by atoms with E-state index in [2.05, 4.69) is 0 Å². The molecule has 0 radical (unpaired) electrons. The topological polar surface area (TPSA) is 331 Å². The summed E-state index contributed by atoms with van der Waals surface area (Å²) >= 11 is 0. The number of aliphatic hydroxyl groups is 1. The number of carbonyl (C=O) groups is 9. The van der Waals surface area contributed by atoms with Crippen LogP contribution in [0.3, 0.4) is 0 Å². The van der Waals surface area contributed by atoms with E-state index in [4.69, 9.17) is 80.5 Å². The van der Waals surface area contributed by atoms with E-state index in [1.54, 1.807) is 91.9 Å². The molecule has 0 amide bonds. The first-order valence-corrected chi connectivity index (χ1v) is 31.8. The average molecular weight is 1360 g/mol. The Kier molecular flexibility index (Phi) is 26.3.